The maximum Gasteiger partial charge on any atom is 0.387 e. The first-order valence-electron chi connectivity index (χ1n) is 3.81. The molecular formula is C8H6ClF2NO3. The van der Waals surface area contributed by atoms with Gasteiger partial charge in [0.05, 0.1) is 4.92 Å². The molecule has 0 saturated carbocycles. The Morgan fingerprint density at radius 3 is 2.60 bits per heavy atom. The summed E-state index contributed by atoms with van der Waals surface area (Å²) in [7, 11) is 0. The zero-order chi connectivity index (χ0) is 11.6. The molecule has 1 aromatic carbocycles. The van der Waals surface area contributed by atoms with Crippen molar-refractivity contribution in [1.82, 2.24) is 0 Å². The highest BCUT2D eigenvalue weighted by Gasteiger charge is 2.17. The molecule has 0 atom stereocenters. The summed E-state index contributed by atoms with van der Waals surface area (Å²) in [5.74, 6) is -0.166. The van der Waals surface area contributed by atoms with Gasteiger partial charge in [0.2, 0.25) is 0 Å². The van der Waals surface area contributed by atoms with Gasteiger partial charge < -0.3 is 4.74 Å². The number of nitrogens with zero attached hydrogens (tertiary/aromatic N) is 1. The van der Waals surface area contributed by atoms with E-state index >= 15 is 0 Å². The van der Waals surface area contributed by atoms with Gasteiger partial charge in [0, 0.05) is 12.1 Å². The summed E-state index contributed by atoms with van der Waals surface area (Å²) in [5, 5.41) is 10.2. The van der Waals surface area contributed by atoms with E-state index in [4.69, 9.17) is 11.6 Å². The molecule has 82 valence electrons. The van der Waals surface area contributed by atoms with Crippen LogP contribution in [0.2, 0.25) is 5.02 Å². The summed E-state index contributed by atoms with van der Waals surface area (Å²) < 4.78 is 27.9. The molecule has 15 heavy (non-hydrogen) atoms. The van der Waals surface area contributed by atoms with Crippen molar-refractivity contribution in [1.29, 1.82) is 0 Å². The van der Waals surface area contributed by atoms with Crippen molar-refractivity contribution >= 4 is 17.3 Å². The molecule has 0 aliphatic carbocycles. The van der Waals surface area contributed by atoms with Crippen LogP contribution in [0.5, 0.6) is 5.75 Å². The number of nitro benzene ring substituents is 1. The highest BCUT2D eigenvalue weighted by molar-refractivity contribution is 6.32. The van der Waals surface area contributed by atoms with Gasteiger partial charge in [-0.2, -0.15) is 8.78 Å². The summed E-state index contributed by atoms with van der Waals surface area (Å²) in [4.78, 5) is 9.75. The van der Waals surface area contributed by atoms with Gasteiger partial charge in [-0.15, -0.1) is 0 Å². The third-order valence-electron chi connectivity index (χ3n) is 1.66. The Hall–Kier alpha value is -1.43. The molecule has 0 amide bonds. The van der Waals surface area contributed by atoms with Crippen LogP contribution in [0, 0.1) is 17.0 Å². The number of rotatable bonds is 3. The summed E-state index contributed by atoms with van der Waals surface area (Å²) in [6.45, 7) is -1.57. The van der Waals surface area contributed by atoms with Crippen molar-refractivity contribution in [3.63, 3.8) is 0 Å². The SMILES string of the molecule is Cc1cc([N+](=O)[O-])c(Cl)cc1OC(F)F. The standard InChI is InChI=1S/C8H6ClF2NO3/c1-4-2-6(12(13)14)5(9)3-7(4)15-8(10)11/h2-3,8H,1H3. The molecule has 0 saturated heterocycles. The van der Waals surface area contributed by atoms with Gasteiger partial charge >= 0.3 is 6.61 Å². The average Bonchev–Trinajstić information content (AvgIpc) is 2.09. The third-order valence-corrected chi connectivity index (χ3v) is 1.96. The Morgan fingerprint density at radius 1 is 1.53 bits per heavy atom. The fraction of sp³-hybridized carbons (Fsp3) is 0.250. The molecule has 0 spiro atoms. The smallest absolute Gasteiger partial charge is 0.387 e. The molecule has 0 N–H and O–H groups in total. The predicted molar refractivity (Wildman–Crippen MR) is 49.5 cm³/mol. The predicted octanol–water partition coefficient (Wildman–Crippen LogP) is 3.16. The molecule has 4 nitrogen and oxygen atoms in total. The number of alkyl halides is 2. The summed E-state index contributed by atoms with van der Waals surface area (Å²) >= 11 is 5.51. The summed E-state index contributed by atoms with van der Waals surface area (Å²) in [5.41, 5.74) is -0.109. The number of benzene rings is 1. The van der Waals surface area contributed by atoms with Gasteiger partial charge in [-0.3, -0.25) is 10.1 Å². The normalized spacial score (nSPS) is 10.5. The van der Waals surface area contributed by atoms with E-state index in [2.05, 4.69) is 4.74 Å². The maximum atomic E-state index is 11.9. The highest BCUT2D eigenvalue weighted by atomic mass is 35.5. The van der Waals surface area contributed by atoms with Crippen LogP contribution in [0.4, 0.5) is 14.5 Å². The van der Waals surface area contributed by atoms with Crippen LogP contribution in [0.1, 0.15) is 5.56 Å². The number of hydrogen-bond donors (Lipinski definition) is 0. The molecule has 0 heterocycles. The van der Waals surface area contributed by atoms with E-state index < -0.39 is 11.5 Å². The maximum absolute atomic E-state index is 11.9. The molecule has 1 rings (SSSR count). The van der Waals surface area contributed by atoms with E-state index in [0.29, 0.717) is 0 Å². The molecule has 0 unspecified atom stereocenters. The van der Waals surface area contributed by atoms with Gasteiger partial charge in [-0.25, -0.2) is 0 Å². The minimum Gasteiger partial charge on any atom is -0.434 e. The minimum atomic E-state index is -2.98. The lowest BCUT2D eigenvalue weighted by Crippen LogP contribution is -2.03. The van der Waals surface area contributed by atoms with E-state index in [1.807, 2.05) is 0 Å². The van der Waals surface area contributed by atoms with Crippen molar-refractivity contribution in [2.24, 2.45) is 0 Å². The van der Waals surface area contributed by atoms with E-state index in [1.54, 1.807) is 0 Å². The molecule has 0 aliphatic heterocycles. The first-order valence-corrected chi connectivity index (χ1v) is 4.19. The Balaban J connectivity index is 3.13. The molecule has 1 aromatic rings. The van der Waals surface area contributed by atoms with Gasteiger partial charge in [0.1, 0.15) is 10.8 Å². The number of hydrogen-bond acceptors (Lipinski definition) is 3. The largest absolute Gasteiger partial charge is 0.434 e. The Kier molecular flexibility index (Phi) is 3.41. The number of ether oxygens (including phenoxy) is 1. The third kappa shape index (κ3) is 2.76. The molecule has 0 bridgehead atoms. The van der Waals surface area contributed by atoms with Crippen LogP contribution in [0.3, 0.4) is 0 Å². The van der Waals surface area contributed by atoms with E-state index in [0.717, 1.165) is 12.1 Å². The molecule has 0 aromatic heterocycles. The minimum absolute atomic E-state index is 0.166. The van der Waals surface area contributed by atoms with Crippen molar-refractivity contribution < 1.29 is 18.4 Å². The number of nitro groups is 1. The molecule has 0 radical (unpaired) electrons. The molecule has 0 aliphatic rings. The molecular weight excluding hydrogens is 232 g/mol. The average molecular weight is 238 g/mol. The number of aryl methyl sites for hydroxylation is 1. The topological polar surface area (TPSA) is 52.4 Å². The van der Waals surface area contributed by atoms with Crippen molar-refractivity contribution in [3.05, 3.63) is 32.8 Å². The van der Waals surface area contributed by atoms with Crippen LogP contribution < -0.4 is 4.74 Å². The van der Waals surface area contributed by atoms with Gasteiger partial charge in [-0.1, -0.05) is 11.6 Å². The van der Waals surface area contributed by atoms with Gasteiger partial charge in [0.15, 0.2) is 0 Å². The molecule has 7 heteroatoms. The Labute approximate surface area is 88.6 Å². The lowest BCUT2D eigenvalue weighted by Gasteiger charge is -2.07. The highest BCUT2D eigenvalue weighted by Crippen LogP contribution is 2.32. The van der Waals surface area contributed by atoms with E-state index in [9.17, 15) is 18.9 Å². The van der Waals surface area contributed by atoms with Crippen molar-refractivity contribution in [3.8, 4) is 5.75 Å². The first-order chi connectivity index (χ1) is 6.91. The number of halogens is 3. The van der Waals surface area contributed by atoms with Crippen molar-refractivity contribution in [2.45, 2.75) is 13.5 Å². The van der Waals surface area contributed by atoms with Gasteiger partial charge in [-0.05, 0) is 12.5 Å². The van der Waals surface area contributed by atoms with Crippen molar-refractivity contribution in [2.75, 3.05) is 0 Å². The molecule has 0 fully saturated rings. The summed E-state index contributed by atoms with van der Waals surface area (Å²) in [6.07, 6.45) is 0. The first kappa shape index (κ1) is 11.6. The fourth-order valence-electron chi connectivity index (χ4n) is 1.01. The van der Waals surface area contributed by atoms with Crippen LogP contribution in [0.25, 0.3) is 0 Å². The zero-order valence-electron chi connectivity index (χ0n) is 7.54. The van der Waals surface area contributed by atoms with Crippen LogP contribution in [-0.4, -0.2) is 11.5 Å². The van der Waals surface area contributed by atoms with Crippen LogP contribution in [-0.2, 0) is 0 Å². The second kappa shape index (κ2) is 4.39. The fourth-order valence-corrected chi connectivity index (χ4v) is 1.23. The quantitative estimate of drug-likeness (QED) is 0.599. The van der Waals surface area contributed by atoms with E-state index in [1.165, 1.54) is 6.92 Å². The monoisotopic (exact) mass is 237 g/mol. The second-order valence-corrected chi connectivity index (χ2v) is 3.11. The van der Waals surface area contributed by atoms with Crippen LogP contribution in [0.15, 0.2) is 12.1 Å². The zero-order valence-corrected chi connectivity index (χ0v) is 8.29. The Bertz CT molecular complexity index is 398. The summed E-state index contributed by atoms with van der Waals surface area (Å²) in [6, 6.07) is 2.08. The second-order valence-electron chi connectivity index (χ2n) is 2.70. The van der Waals surface area contributed by atoms with Crippen LogP contribution >= 0.6 is 11.6 Å². The lowest BCUT2D eigenvalue weighted by atomic mass is 10.2. The Morgan fingerprint density at radius 2 is 2.13 bits per heavy atom. The van der Waals surface area contributed by atoms with Gasteiger partial charge in [0.25, 0.3) is 5.69 Å². The van der Waals surface area contributed by atoms with E-state index in [-0.39, 0.29) is 22.0 Å². The lowest BCUT2D eigenvalue weighted by molar-refractivity contribution is -0.384.